The third-order valence-electron chi connectivity index (χ3n) is 1.83. The van der Waals surface area contributed by atoms with Gasteiger partial charge in [0.25, 0.3) is 0 Å². The molecular formula is C12H12N2OS. The van der Waals surface area contributed by atoms with E-state index in [0.717, 1.165) is 17.7 Å². The maximum absolute atomic E-state index is 10.7. The molecule has 0 saturated carbocycles. The van der Waals surface area contributed by atoms with E-state index in [1.807, 2.05) is 24.3 Å². The Kier molecular flexibility index (Phi) is 5.30. The molecule has 0 saturated heterocycles. The van der Waals surface area contributed by atoms with Crippen LogP contribution in [0.3, 0.4) is 0 Å². The molecule has 0 aliphatic carbocycles. The lowest BCUT2D eigenvalue weighted by molar-refractivity contribution is -0.109. The van der Waals surface area contributed by atoms with Gasteiger partial charge < -0.3 is 0 Å². The smallest absolute Gasteiger partial charge is 0.185 e. The molecule has 0 aliphatic rings. The van der Waals surface area contributed by atoms with E-state index in [9.17, 15) is 4.79 Å². The topological polar surface area (TPSA) is 53.8 Å². The predicted molar refractivity (Wildman–Crippen MR) is 65.7 cm³/mol. The van der Waals surface area contributed by atoms with Crippen molar-refractivity contribution >= 4 is 23.0 Å². The Hall–Kier alpha value is -1.60. The molecule has 1 aromatic rings. The molecule has 0 amide bonds. The number of nitrogens with zero attached hydrogens (tertiary/aromatic N) is 2. The number of rotatable bonds is 4. The highest BCUT2D eigenvalue weighted by Gasteiger charge is 1.97. The van der Waals surface area contributed by atoms with E-state index in [1.165, 1.54) is 11.8 Å². The fourth-order valence-corrected chi connectivity index (χ4v) is 1.67. The monoisotopic (exact) mass is 232 g/mol. The highest BCUT2D eigenvalue weighted by Crippen LogP contribution is 2.09. The standard InChI is InChI=1S/C12H12N2OS/c1-10(15)16-8-3-2-5-11-6-4-7-14-12(11)9-13/h2,4-7H,3,8H2,1H3. The van der Waals surface area contributed by atoms with E-state index >= 15 is 0 Å². The molecule has 0 atom stereocenters. The summed E-state index contributed by atoms with van der Waals surface area (Å²) in [5.41, 5.74) is 1.25. The van der Waals surface area contributed by atoms with Crippen molar-refractivity contribution in [2.45, 2.75) is 13.3 Å². The number of carbonyl (C=O) groups excluding carboxylic acids is 1. The molecule has 0 spiro atoms. The minimum atomic E-state index is 0.132. The van der Waals surface area contributed by atoms with Crippen LogP contribution in [0.4, 0.5) is 0 Å². The van der Waals surface area contributed by atoms with Crippen LogP contribution in [0.2, 0.25) is 0 Å². The number of allylic oxidation sites excluding steroid dienone is 1. The van der Waals surface area contributed by atoms with Crippen molar-refractivity contribution in [2.24, 2.45) is 0 Å². The molecule has 0 unspecified atom stereocenters. The molecule has 0 N–H and O–H groups in total. The first kappa shape index (κ1) is 12.5. The van der Waals surface area contributed by atoms with Crippen molar-refractivity contribution in [1.82, 2.24) is 4.98 Å². The summed E-state index contributed by atoms with van der Waals surface area (Å²) in [6, 6.07) is 5.68. The number of hydrogen-bond acceptors (Lipinski definition) is 4. The Balaban J connectivity index is 2.50. The summed E-state index contributed by atoms with van der Waals surface area (Å²) in [5.74, 6) is 0.772. The van der Waals surface area contributed by atoms with Crippen molar-refractivity contribution in [3.05, 3.63) is 35.7 Å². The highest BCUT2D eigenvalue weighted by atomic mass is 32.2. The second-order valence-electron chi connectivity index (χ2n) is 3.08. The number of aromatic nitrogens is 1. The molecule has 0 aromatic carbocycles. The molecule has 1 aromatic heterocycles. The Morgan fingerprint density at radius 3 is 3.19 bits per heavy atom. The lowest BCUT2D eigenvalue weighted by Gasteiger charge is -1.95. The van der Waals surface area contributed by atoms with Crippen LogP contribution in [0.1, 0.15) is 24.6 Å². The first-order chi connectivity index (χ1) is 7.74. The van der Waals surface area contributed by atoms with E-state index in [1.54, 1.807) is 19.2 Å². The SMILES string of the molecule is CC(=O)SCCC=Cc1cccnc1C#N. The number of nitriles is 1. The van der Waals surface area contributed by atoms with E-state index in [2.05, 4.69) is 4.98 Å². The van der Waals surface area contributed by atoms with Gasteiger partial charge in [0, 0.05) is 24.4 Å². The van der Waals surface area contributed by atoms with Gasteiger partial charge in [0.15, 0.2) is 5.12 Å². The van der Waals surface area contributed by atoms with Gasteiger partial charge in [-0.2, -0.15) is 5.26 Å². The van der Waals surface area contributed by atoms with Crippen LogP contribution < -0.4 is 0 Å². The summed E-state index contributed by atoms with van der Waals surface area (Å²) in [6.07, 6.45) is 6.23. The second kappa shape index (κ2) is 6.81. The summed E-state index contributed by atoms with van der Waals surface area (Å²) in [7, 11) is 0. The van der Waals surface area contributed by atoms with Gasteiger partial charge in [-0.05, 0) is 12.5 Å². The lowest BCUT2D eigenvalue weighted by atomic mass is 10.2. The fourth-order valence-electron chi connectivity index (χ4n) is 1.13. The van der Waals surface area contributed by atoms with Gasteiger partial charge in [0.05, 0.1) is 0 Å². The molecule has 0 fully saturated rings. The molecule has 3 nitrogen and oxygen atoms in total. The van der Waals surface area contributed by atoms with E-state index in [-0.39, 0.29) is 5.12 Å². The van der Waals surface area contributed by atoms with Gasteiger partial charge >= 0.3 is 0 Å². The van der Waals surface area contributed by atoms with Crippen molar-refractivity contribution in [1.29, 1.82) is 5.26 Å². The minimum absolute atomic E-state index is 0.132. The molecule has 0 aliphatic heterocycles. The van der Waals surface area contributed by atoms with Crippen molar-refractivity contribution < 1.29 is 4.79 Å². The summed E-state index contributed by atoms with van der Waals surface area (Å²) in [4.78, 5) is 14.6. The Bertz CT molecular complexity index is 435. The Morgan fingerprint density at radius 2 is 2.50 bits per heavy atom. The van der Waals surface area contributed by atoms with Gasteiger partial charge in [-0.1, -0.05) is 30.0 Å². The van der Waals surface area contributed by atoms with Crippen LogP contribution in [-0.2, 0) is 4.79 Å². The minimum Gasteiger partial charge on any atom is -0.288 e. The largest absolute Gasteiger partial charge is 0.288 e. The van der Waals surface area contributed by atoms with Crippen LogP contribution in [0.5, 0.6) is 0 Å². The average Bonchev–Trinajstić information content (AvgIpc) is 2.29. The molecule has 4 heteroatoms. The zero-order chi connectivity index (χ0) is 11.8. The third kappa shape index (κ3) is 4.28. The molecule has 0 radical (unpaired) electrons. The average molecular weight is 232 g/mol. The van der Waals surface area contributed by atoms with E-state index < -0.39 is 0 Å². The van der Waals surface area contributed by atoms with E-state index in [4.69, 9.17) is 5.26 Å². The molecule has 82 valence electrons. The van der Waals surface area contributed by atoms with Crippen molar-refractivity contribution in [3.63, 3.8) is 0 Å². The van der Waals surface area contributed by atoms with Gasteiger partial charge in [0.2, 0.25) is 0 Å². The molecule has 16 heavy (non-hydrogen) atoms. The van der Waals surface area contributed by atoms with Gasteiger partial charge in [-0.25, -0.2) is 4.98 Å². The second-order valence-corrected chi connectivity index (χ2v) is 4.36. The van der Waals surface area contributed by atoms with Gasteiger partial charge in [-0.3, -0.25) is 4.79 Å². The fraction of sp³-hybridized carbons (Fsp3) is 0.250. The maximum Gasteiger partial charge on any atom is 0.185 e. The predicted octanol–water partition coefficient (Wildman–Crippen LogP) is 2.64. The maximum atomic E-state index is 10.7. The van der Waals surface area contributed by atoms with Crippen LogP contribution in [0.25, 0.3) is 6.08 Å². The number of carbonyl (C=O) groups is 1. The first-order valence-corrected chi connectivity index (χ1v) is 5.87. The molecular weight excluding hydrogens is 220 g/mol. The number of thioether (sulfide) groups is 1. The first-order valence-electron chi connectivity index (χ1n) is 4.89. The highest BCUT2D eigenvalue weighted by molar-refractivity contribution is 8.13. The normalized spacial score (nSPS) is 10.2. The summed E-state index contributed by atoms with van der Waals surface area (Å²) in [6.45, 7) is 1.56. The molecule has 1 rings (SSSR count). The zero-order valence-corrected chi connectivity index (χ0v) is 9.83. The summed E-state index contributed by atoms with van der Waals surface area (Å²) >= 11 is 1.31. The van der Waals surface area contributed by atoms with Gasteiger partial charge in [-0.15, -0.1) is 0 Å². The number of hydrogen-bond donors (Lipinski definition) is 0. The Labute approximate surface area is 99.2 Å². The summed E-state index contributed by atoms with van der Waals surface area (Å²) in [5, 5.41) is 8.93. The molecule has 0 bridgehead atoms. The van der Waals surface area contributed by atoms with Crippen LogP contribution in [0.15, 0.2) is 24.4 Å². The van der Waals surface area contributed by atoms with Crippen molar-refractivity contribution in [3.8, 4) is 6.07 Å². The lowest BCUT2D eigenvalue weighted by Crippen LogP contribution is -1.86. The van der Waals surface area contributed by atoms with Crippen molar-refractivity contribution in [2.75, 3.05) is 5.75 Å². The third-order valence-corrected chi connectivity index (χ3v) is 2.68. The molecule has 1 heterocycles. The Morgan fingerprint density at radius 1 is 1.69 bits per heavy atom. The van der Waals surface area contributed by atoms with Crippen LogP contribution >= 0.6 is 11.8 Å². The van der Waals surface area contributed by atoms with E-state index in [0.29, 0.717) is 5.69 Å². The van der Waals surface area contributed by atoms with Crippen LogP contribution in [0, 0.1) is 11.3 Å². The van der Waals surface area contributed by atoms with Gasteiger partial charge in [0.1, 0.15) is 11.8 Å². The zero-order valence-electron chi connectivity index (χ0n) is 9.01. The quantitative estimate of drug-likeness (QED) is 0.749. The summed E-state index contributed by atoms with van der Waals surface area (Å²) < 4.78 is 0. The number of pyridine rings is 1. The van der Waals surface area contributed by atoms with Crippen LogP contribution in [-0.4, -0.2) is 15.9 Å².